The van der Waals surface area contributed by atoms with Gasteiger partial charge in [-0.3, -0.25) is 10.1 Å². The fourth-order valence-electron chi connectivity index (χ4n) is 6.41. The first-order valence-corrected chi connectivity index (χ1v) is 16.7. The third-order valence-corrected chi connectivity index (χ3v) is 9.48. The summed E-state index contributed by atoms with van der Waals surface area (Å²) in [5.41, 5.74) is -0.251. The van der Waals surface area contributed by atoms with Gasteiger partial charge in [0.2, 0.25) is 6.29 Å². The van der Waals surface area contributed by atoms with Gasteiger partial charge in [0.25, 0.3) is 5.69 Å². The highest BCUT2D eigenvalue weighted by molar-refractivity contribution is 5.36. The van der Waals surface area contributed by atoms with E-state index in [4.69, 9.17) is 37.9 Å². The molecule has 5 rings (SSSR count). The first-order valence-electron chi connectivity index (χ1n) is 16.7. The summed E-state index contributed by atoms with van der Waals surface area (Å²) in [5, 5.41) is 146. The van der Waals surface area contributed by atoms with Gasteiger partial charge in [0.15, 0.2) is 18.9 Å². The lowest BCUT2D eigenvalue weighted by molar-refractivity contribution is -0.387. The van der Waals surface area contributed by atoms with Gasteiger partial charge in [0.1, 0.15) is 103 Å². The van der Waals surface area contributed by atoms with Crippen LogP contribution in [0.1, 0.15) is 0 Å². The average molecular weight is 788 g/mol. The van der Waals surface area contributed by atoms with Crippen LogP contribution in [-0.2, 0) is 33.2 Å². The molecule has 54 heavy (non-hydrogen) atoms. The third-order valence-electron chi connectivity index (χ3n) is 9.48. The molecule has 0 bridgehead atoms. The van der Waals surface area contributed by atoms with Crippen molar-refractivity contribution >= 4 is 5.69 Å². The quantitative estimate of drug-likeness (QED) is 0.0652. The first kappa shape index (κ1) is 42.8. The van der Waals surface area contributed by atoms with Crippen LogP contribution in [0.4, 0.5) is 5.69 Å². The van der Waals surface area contributed by atoms with Gasteiger partial charge < -0.3 is 104 Å². The van der Waals surface area contributed by atoms with Crippen molar-refractivity contribution in [2.75, 3.05) is 26.4 Å². The molecular weight excluding hydrogens is 742 g/mol. The lowest BCUT2D eigenvalue weighted by atomic mass is 9.95. The van der Waals surface area contributed by atoms with Gasteiger partial charge in [-0.25, -0.2) is 0 Å². The summed E-state index contributed by atoms with van der Waals surface area (Å²) in [4.78, 5) is 10.3. The van der Waals surface area contributed by atoms with E-state index in [1.54, 1.807) is 0 Å². The van der Waals surface area contributed by atoms with Crippen LogP contribution in [0.3, 0.4) is 0 Å². The zero-order valence-electron chi connectivity index (χ0n) is 28.0. The molecule has 0 aliphatic carbocycles. The summed E-state index contributed by atoms with van der Waals surface area (Å²) >= 11 is 0. The molecule has 0 saturated carbocycles. The van der Waals surface area contributed by atoms with Gasteiger partial charge in [-0.1, -0.05) is 0 Å². The highest BCUT2D eigenvalue weighted by Crippen LogP contribution is 2.34. The molecule has 1 aromatic carbocycles. The minimum atomic E-state index is -2.06. The molecule has 0 amide bonds. The Kier molecular flexibility index (Phi) is 14.5. The summed E-state index contributed by atoms with van der Waals surface area (Å²) in [7, 11) is 0. The Morgan fingerprint density at radius 1 is 0.481 bits per heavy atom. The van der Waals surface area contributed by atoms with Crippen LogP contribution in [0.25, 0.3) is 0 Å². The predicted octanol–water partition coefficient (Wildman–Crippen LogP) is -7.75. The van der Waals surface area contributed by atoms with Gasteiger partial charge in [0.05, 0.1) is 31.4 Å². The van der Waals surface area contributed by atoms with Crippen molar-refractivity contribution in [1.29, 1.82) is 0 Å². The van der Waals surface area contributed by atoms with Crippen LogP contribution in [0.15, 0.2) is 24.3 Å². The van der Waals surface area contributed by atoms with E-state index in [2.05, 4.69) is 0 Å². The van der Waals surface area contributed by atoms with E-state index < -0.39 is 154 Å². The Morgan fingerprint density at radius 2 is 0.815 bits per heavy atom. The maximum absolute atomic E-state index is 11.1. The van der Waals surface area contributed by atoms with Crippen molar-refractivity contribution < 1.29 is 109 Å². The number of nitro groups is 1. The van der Waals surface area contributed by atoms with Crippen LogP contribution in [0, 0.1) is 10.1 Å². The second-order valence-corrected chi connectivity index (χ2v) is 13.0. The summed E-state index contributed by atoms with van der Waals surface area (Å²) < 4.78 is 44.2. The van der Waals surface area contributed by atoms with E-state index in [1.165, 1.54) is 12.1 Å². The topological polar surface area (TPSA) is 380 Å². The van der Waals surface area contributed by atoms with Crippen molar-refractivity contribution in [3.05, 3.63) is 34.4 Å². The van der Waals surface area contributed by atoms with Gasteiger partial charge in [-0.2, -0.15) is 0 Å². The third kappa shape index (κ3) is 8.77. The summed E-state index contributed by atoms with van der Waals surface area (Å²) in [6.45, 7) is -3.50. The summed E-state index contributed by atoms with van der Waals surface area (Å²) in [5.74, 6) is 0.000590. The Morgan fingerprint density at radius 3 is 1.19 bits per heavy atom. The minimum Gasteiger partial charge on any atom is -0.462 e. The molecule has 4 aliphatic heterocycles. The number of hydrogen-bond donors (Lipinski definition) is 13. The van der Waals surface area contributed by atoms with Gasteiger partial charge >= 0.3 is 0 Å². The molecule has 0 unspecified atom stereocenters. The zero-order chi connectivity index (χ0) is 39.6. The molecule has 0 radical (unpaired) electrons. The summed E-state index contributed by atoms with van der Waals surface area (Å²) in [6, 6.07) is 4.64. The molecule has 0 aromatic heterocycles. The van der Waals surface area contributed by atoms with E-state index in [0.29, 0.717) is 0 Å². The molecule has 24 heteroatoms. The summed E-state index contributed by atoms with van der Waals surface area (Å²) in [6.07, 6.45) is -35.7. The monoisotopic (exact) mass is 787 g/mol. The largest absolute Gasteiger partial charge is 0.462 e. The Balaban J connectivity index is 1.22. The maximum Gasteiger partial charge on any atom is 0.269 e. The van der Waals surface area contributed by atoms with E-state index in [9.17, 15) is 76.5 Å². The highest BCUT2D eigenvalue weighted by Gasteiger charge is 2.55. The van der Waals surface area contributed by atoms with Crippen LogP contribution in [0.2, 0.25) is 0 Å². The molecule has 1 aromatic rings. The number of rotatable bonds is 13. The Labute approximate surface area is 304 Å². The average Bonchev–Trinajstić information content (AvgIpc) is 3.16. The molecule has 13 N–H and O–H groups in total. The maximum atomic E-state index is 11.1. The number of aliphatic hydroxyl groups is 13. The lowest BCUT2D eigenvalue weighted by Gasteiger charge is -2.49. The van der Waals surface area contributed by atoms with Gasteiger partial charge in [-0.15, -0.1) is 0 Å². The molecule has 20 atom stereocenters. The molecule has 4 fully saturated rings. The van der Waals surface area contributed by atoms with E-state index in [1.807, 2.05) is 0 Å². The number of ether oxygens (including phenoxy) is 8. The van der Waals surface area contributed by atoms with Gasteiger partial charge in [-0.05, 0) is 12.1 Å². The van der Waals surface area contributed by atoms with Crippen molar-refractivity contribution in [1.82, 2.24) is 0 Å². The Hall–Kier alpha value is -2.38. The van der Waals surface area contributed by atoms with Crippen molar-refractivity contribution in [3.8, 4) is 5.75 Å². The van der Waals surface area contributed by atoms with Crippen molar-refractivity contribution in [2.45, 2.75) is 123 Å². The van der Waals surface area contributed by atoms with Crippen molar-refractivity contribution in [3.63, 3.8) is 0 Å². The Bertz CT molecular complexity index is 1340. The molecule has 4 heterocycles. The van der Waals surface area contributed by atoms with Crippen LogP contribution >= 0.6 is 0 Å². The molecule has 4 saturated heterocycles. The minimum absolute atomic E-state index is 0.000590. The van der Waals surface area contributed by atoms with Gasteiger partial charge in [0, 0.05) is 12.1 Å². The first-order chi connectivity index (χ1) is 25.6. The van der Waals surface area contributed by atoms with Crippen molar-refractivity contribution in [2.24, 2.45) is 0 Å². The zero-order valence-corrected chi connectivity index (χ0v) is 28.0. The van der Waals surface area contributed by atoms with Crippen LogP contribution in [0.5, 0.6) is 5.75 Å². The number of aliphatic hydroxyl groups excluding tert-OH is 13. The molecule has 0 spiro atoms. The van der Waals surface area contributed by atoms with E-state index in [0.717, 1.165) is 12.1 Å². The lowest BCUT2D eigenvalue weighted by Crippen LogP contribution is -2.67. The fraction of sp³-hybridized carbons (Fsp3) is 0.800. The fourth-order valence-corrected chi connectivity index (χ4v) is 6.41. The number of hydrogen-bond acceptors (Lipinski definition) is 23. The standard InChI is InChI=1S/C30H45NO23/c32-5-11-15(36)16(37)20(41)28(48-11)52-25-13(7-34)50-30(22(43)18(25)39)54-26-14(8-35)51-29(23(44)19(26)40)53-24-12(6-33)49-27(21(42)17(24)38)47-10-3-1-9(2-4-10)31(45)46/h1-4,11-30,32-44H,5-8H2/t11-,12-,13-,14-,15+,16+,17-,18-,19-,20+,21-,22+,23+,24-,25-,26-,27-,28+,29+,30+/m1/s1. The smallest absolute Gasteiger partial charge is 0.269 e. The van der Waals surface area contributed by atoms with E-state index in [-0.39, 0.29) is 11.4 Å². The number of nitrogens with zero attached hydrogens (tertiary/aromatic N) is 1. The second kappa shape index (κ2) is 18.3. The normalized spacial score (nSPS) is 45.9. The molecule has 4 aliphatic rings. The molecule has 24 nitrogen and oxygen atoms in total. The second-order valence-electron chi connectivity index (χ2n) is 13.0. The SMILES string of the molecule is O=[N+]([O-])c1ccc(O[C@@H]2O[C@H](CO)[C@@H](O[C@@H]3O[C@H](CO)[C@@H](O[C@@H]4O[C@H](CO)[C@@H](O[C@@H]5O[C@H](CO)[C@H](O)[C@H](O)[C@@H]5O)[C@H](O)[C@@H]4O)[C@H](O)[C@@H]3O)[C@H](O)[C@H]2O)cc1. The number of nitro benzene ring substituents is 1. The van der Waals surface area contributed by atoms with Crippen LogP contribution < -0.4 is 4.74 Å². The van der Waals surface area contributed by atoms with E-state index >= 15 is 0 Å². The molecule has 308 valence electrons. The predicted molar refractivity (Wildman–Crippen MR) is 165 cm³/mol. The highest BCUT2D eigenvalue weighted by atomic mass is 16.8. The van der Waals surface area contributed by atoms with Crippen LogP contribution in [-0.4, -0.2) is 221 Å². The number of non-ortho nitro benzene ring substituents is 1. The molecular formula is C30H45NO23. The number of benzene rings is 1.